The Balaban J connectivity index is 2.55. The van der Waals surface area contributed by atoms with Crippen LogP contribution in [0.5, 0.6) is 0 Å². The van der Waals surface area contributed by atoms with Crippen LogP contribution in [0.25, 0.3) is 0 Å². The highest BCUT2D eigenvalue weighted by Gasteiger charge is 2.21. The predicted molar refractivity (Wildman–Crippen MR) is 83.7 cm³/mol. The normalized spacial score (nSPS) is 9.83. The zero-order valence-electron chi connectivity index (χ0n) is 13.4. The van der Waals surface area contributed by atoms with E-state index in [2.05, 4.69) is 5.43 Å². The van der Waals surface area contributed by atoms with Gasteiger partial charge in [0.25, 0.3) is 0 Å². The lowest BCUT2D eigenvalue weighted by Gasteiger charge is -2.21. The Bertz CT molecular complexity index is 518. The van der Waals surface area contributed by atoms with E-state index in [1.807, 2.05) is 30.3 Å². The molecule has 0 spiro atoms. The number of hydrogen-bond donors (Lipinski definition) is 1. The van der Waals surface area contributed by atoms with Gasteiger partial charge in [-0.05, 0) is 25.8 Å². The van der Waals surface area contributed by atoms with Gasteiger partial charge in [0.15, 0.2) is 5.78 Å². The second-order valence-electron chi connectivity index (χ2n) is 4.64. The third-order valence-electron chi connectivity index (χ3n) is 2.86. The fourth-order valence-corrected chi connectivity index (χ4v) is 1.81. The molecule has 1 aromatic carbocycles. The highest BCUT2D eigenvalue weighted by atomic mass is 16.6. The number of Topliss-reactive ketones (excluding diaryl/α,β-unsaturated/α-hetero) is 1. The number of hydrazine groups is 1. The first-order valence-corrected chi connectivity index (χ1v) is 7.50. The Kier molecular flexibility index (Phi) is 8.20. The molecule has 7 nitrogen and oxygen atoms in total. The lowest BCUT2D eigenvalue weighted by Crippen LogP contribution is -2.49. The molecule has 7 heteroatoms. The number of ether oxygens (including phenoxy) is 2. The number of ketones is 1. The number of carbonyl (C=O) groups excluding carboxylic acids is 3. The van der Waals surface area contributed by atoms with Crippen molar-refractivity contribution in [1.29, 1.82) is 0 Å². The monoisotopic (exact) mass is 322 g/mol. The molecule has 0 radical (unpaired) electrons. The molecule has 0 atom stereocenters. The minimum atomic E-state index is -0.809. The molecule has 23 heavy (non-hydrogen) atoms. The fourth-order valence-electron chi connectivity index (χ4n) is 1.81. The summed E-state index contributed by atoms with van der Waals surface area (Å²) in [4.78, 5) is 35.2. The van der Waals surface area contributed by atoms with E-state index in [9.17, 15) is 14.4 Å². The Hall–Kier alpha value is -2.57. The number of nitrogens with zero attached hydrogens (tertiary/aromatic N) is 1. The summed E-state index contributed by atoms with van der Waals surface area (Å²) >= 11 is 0. The highest BCUT2D eigenvalue weighted by Crippen LogP contribution is 2.04. The Morgan fingerprint density at radius 3 is 2.30 bits per heavy atom. The zero-order chi connectivity index (χ0) is 17.1. The number of amides is 2. The first-order valence-electron chi connectivity index (χ1n) is 7.50. The fraction of sp³-hybridized carbons (Fsp3) is 0.438. The summed E-state index contributed by atoms with van der Waals surface area (Å²) in [5.41, 5.74) is 3.24. The molecule has 0 saturated carbocycles. The molecule has 0 heterocycles. The standard InChI is InChI=1S/C16H22N2O5/c1-3-22-15(20)17-18(16(21)23-4-2)12-14(19)11-10-13-8-6-5-7-9-13/h5-9H,3-4,10-12H2,1-2H3,(H,17,20). The minimum Gasteiger partial charge on any atom is -0.449 e. The molecule has 0 unspecified atom stereocenters. The van der Waals surface area contributed by atoms with E-state index < -0.39 is 12.2 Å². The molecule has 0 aliphatic carbocycles. The maximum atomic E-state index is 12.0. The number of rotatable bonds is 7. The van der Waals surface area contributed by atoms with Gasteiger partial charge in [0.1, 0.15) is 6.54 Å². The average Bonchev–Trinajstić information content (AvgIpc) is 2.54. The van der Waals surface area contributed by atoms with E-state index in [0.29, 0.717) is 6.42 Å². The maximum Gasteiger partial charge on any atom is 0.429 e. The Morgan fingerprint density at radius 1 is 1.04 bits per heavy atom. The Labute approximate surface area is 135 Å². The van der Waals surface area contributed by atoms with Gasteiger partial charge in [-0.2, -0.15) is 0 Å². The summed E-state index contributed by atoms with van der Waals surface area (Å²) in [5.74, 6) is -0.196. The molecule has 1 rings (SSSR count). The summed E-state index contributed by atoms with van der Waals surface area (Å²) in [7, 11) is 0. The van der Waals surface area contributed by atoms with Crippen LogP contribution >= 0.6 is 0 Å². The van der Waals surface area contributed by atoms with Crippen LogP contribution in [0.4, 0.5) is 9.59 Å². The molecule has 1 aromatic rings. The molecular formula is C16H22N2O5. The van der Waals surface area contributed by atoms with Crippen LogP contribution in [0.1, 0.15) is 25.8 Å². The number of carbonyl (C=O) groups is 3. The lowest BCUT2D eigenvalue weighted by molar-refractivity contribution is -0.120. The molecule has 2 amide bonds. The highest BCUT2D eigenvalue weighted by molar-refractivity contribution is 5.85. The van der Waals surface area contributed by atoms with Crippen molar-refractivity contribution in [3.05, 3.63) is 35.9 Å². The van der Waals surface area contributed by atoms with Crippen molar-refractivity contribution in [2.24, 2.45) is 0 Å². The van der Waals surface area contributed by atoms with Crippen molar-refractivity contribution in [3.63, 3.8) is 0 Å². The van der Waals surface area contributed by atoms with Crippen LogP contribution < -0.4 is 5.43 Å². The summed E-state index contributed by atoms with van der Waals surface area (Å²) < 4.78 is 9.51. The van der Waals surface area contributed by atoms with E-state index in [1.165, 1.54) is 0 Å². The largest absolute Gasteiger partial charge is 0.449 e. The second kappa shape index (κ2) is 10.2. The predicted octanol–water partition coefficient (Wildman–Crippen LogP) is 2.31. The van der Waals surface area contributed by atoms with E-state index in [1.54, 1.807) is 13.8 Å². The van der Waals surface area contributed by atoms with E-state index in [0.717, 1.165) is 10.6 Å². The second-order valence-corrected chi connectivity index (χ2v) is 4.64. The van der Waals surface area contributed by atoms with Gasteiger partial charge in [0.2, 0.25) is 0 Å². The smallest absolute Gasteiger partial charge is 0.429 e. The Morgan fingerprint density at radius 2 is 1.70 bits per heavy atom. The first kappa shape index (κ1) is 18.5. The number of aryl methyl sites for hydroxylation is 1. The van der Waals surface area contributed by atoms with Crippen LogP contribution in [0.2, 0.25) is 0 Å². The topological polar surface area (TPSA) is 84.9 Å². The van der Waals surface area contributed by atoms with Crippen molar-refractivity contribution in [3.8, 4) is 0 Å². The van der Waals surface area contributed by atoms with Gasteiger partial charge < -0.3 is 9.47 Å². The van der Waals surface area contributed by atoms with Crippen molar-refractivity contribution in [2.45, 2.75) is 26.7 Å². The molecule has 1 N–H and O–H groups in total. The van der Waals surface area contributed by atoms with E-state index >= 15 is 0 Å². The van der Waals surface area contributed by atoms with E-state index in [-0.39, 0.29) is 32.0 Å². The number of benzene rings is 1. The van der Waals surface area contributed by atoms with Gasteiger partial charge >= 0.3 is 12.2 Å². The van der Waals surface area contributed by atoms with Crippen LogP contribution in [-0.4, -0.2) is 42.7 Å². The van der Waals surface area contributed by atoms with Gasteiger partial charge in [-0.3, -0.25) is 4.79 Å². The quantitative estimate of drug-likeness (QED) is 0.779. The number of hydrogen-bond acceptors (Lipinski definition) is 5. The van der Waals surface area contributed by atoms with Gasteiger partial charge in [0, 0.05) is 6.42 Å². The molecule has 0 fully saturated rings. The number of nitrogens with one attached hydrogen (secondary N) is 1. The molecule has 0 aromatic heterocycles. The van der Waals surface area contributed by atoms with Crippen molar-refractivity contribution < 1.29 is 23.9 Å². The molecule has 0 bridgehead atoms. The summed E-state index contributed by atoms with van der Waals surface area (Å²) in [6.07, 6.45) is -0.787. The average molecular weight is 322 g/mol. The van der Waals surface area contributed by atoms with Gasteiger partial charge in [-0.1, -0.05) is 30.3 Å². The lowest BCUT2D eigenvalue weighted by atomic mass is 10.1. The van der Waals surface area contributed by atoms with Crippen molar-refractivity contribution in [1.82, 2.24) is 10.4 Å². The van der Waals surface area contributed by atoms with Crippen LogP contribution in [0, 0.1) is 0 Å². The molecular weight excluding hydrogens is 300 g/mol. The van der Waals surface area contributed by atoms with Gasteiger partial charge in [-0.25, -0.2) is 20.0 Å². The summed E-state index contributed by atoms with van der Waals surface area (Å²) in [6, 6.07) is 9.54. The van der Waals surface area contributed by atoms with Crippen LogP contribution in [0.15, 0.2) is 30.3 Å². The maximum absolute atomic E-state index is 12.0. The molecule has 0 aliphatic rings. The molecule has 0 aliphatic heterocycles. The SMILES string of the molecule is CCOC(=O)NN(CC(=O)CCc1ccccc1)C(=O)OCC. The summed E-state index contributed by atoms with van der Waals surface area (Å²) in [5, 5.41) is 0.828. The molecule has 126 valence electrons. The third-order valence-corrected chi connectivity index (χ3v) is 2.86. The van der Waals surface area contributed by atoms with Crippen molar-refractivity contribution in [2.75, 3.05) is 19.8 Å². The van der Waals surface area contributed by atoms with Crippen molar-refractivity contribution >= 4 is 18.0 Å². The van der Waals surface area contributed by atoms with E-state index in [4.69, 9.17) is 9.47 Å². The zero-order valence-corrected chi connectivity index (χ0v) is 13.4. The van der Waals surface area contributed by atoms with Gasteiger partial charge in [-0.15, -0.1) is 0 Å². The minimum absolute atomic E-state index is 0.137. The third kappa shape index (κ3) is 7.30. The van der Waals surface area contributed by atoms with Crippen LogP contribution in [0.3, 0.4) is 0 Å². The first-order chi connectivity index (χ1) is 11.1. The summed E-state index contributed by atoms with van der Waals surface area (Å²) in [6.45, 7) is 3.30. The van der Waals surface area contributed by atoms with Crippen LogP contribution in [-0.2, 0) is 20.7 Å². The van der Waals surface area contributed by atoms with Gasteiger partial charge in [0.05, 0.1) is 13.2 Å². The molecule has 0 saturated heterocycles.